The molecule has 37 heavy (non-hydrogen) atoms. The first kappa shape index (κ1) is 25.7. The topological polar surface area (TPSA) is 57.2 Å². The van der Waals surface area contributed by atoms with Crippen LogP contribution in [-0.4, -0.2) is 36.7 Å². The van der Waals surface area contributed by atoms with Gasteiger partial charge >= 0.3 is 5.97 Å². The number of fused-ring (bicyclic) bond motifs is 2. The Bertz CT molecular complexity index is 1290. The fourth-order valence-corrected chi connectivity index (χ4v) is 5.13. The summed E-state index contributed by atoms with van der Waals surface area (Å²) in [5.41, 5.74) is 4.18. The van der Waals surface area contributed by atoms with Crippen molar-refractivity contribution in [2.24, 2.45) is 0 Å². The number of nitrogens with zero attached hydrogens (tertiary/aromatic N) is 1. The summed E-state index contributed by atoms with van der Waals surface area (Å²) >= 11 is 12.1. The van der Waals surface area contributed by atoms with Crippen LogP contribution in [0.3, 0.4) is 0 Å². The molecule has 3 aromatic rings. The van der Waals surface area contributed by atoms with Crippen molar-refractivity contribution in [3.63, 3.8) is 0 Å². The van der Waals surface area contributed by atoms with E-state index in [1.807, 2.05) is 36.4 Å². The smallest absolute Gasteiger partial charge is 0.323 e. The van der Waals surface area contributed by atoms with Gasteiger partial charge in [-0.2, -0.15) is 0 Å². The number of hydrogen-bond acceptors (Lipinski definition) is 6. The minimum atomic E-state index is -0.301. The standard InChI is InChI=1S/C29H29Cl2NO5/c1-17(2)32-14-21-13-27-26(12-20(21)11-25(32)29(33)34-3)36-16-28(37-27)19-5-7-22(8-6-19)35-15-18-4-9-23(30)24(31)10-18/h4-10,12-13,17,25,28H,11,14-16H2,1-3H3/t25?,28-/m1/s1. The maximum Gasteiger partial charge on any atom is 0.323 e. The summed E-state index contributed by atoms with van der Waals surface area (Å²) in [4.78, 5) is 14.6. The van der Waals surface area contributed by atoms with E-state index < -0.39 is 0 Å². The molecular formula is C29H29Cl2NO5. The van der Waals surface area contributed by atoms with Crippen LogP contribution in [0.2, 0.25) is 10.0 Å². The first-order chi connectivity index (χ1) is 17.8. The Hall–Kier alpha value is -2.93. The largest absolute Gasteiger partial charge is 0.489 e. The van der Waals surface area contributed by atoms with Crippen molar-refractivity contribution in [1.82, 2.24) is 4.90 Å². The molecule has 0 aromatic heterocycles. The number of esters is 1. The number of halogens is 2. The summed E-state index contributed by atoms with van der Waals surface area (Å²) < 4.78 is 23.4. The number of hydrogen-bond donors (Lipinski definition) is 0. The Kier molecular flexibility index (Phi) is 7.52. The van der Waals surface area contributed by atoms with Gasteiger partial charge in [0.25, 0.3) is 0 Å². The maximum atomic E-state index is 12.4. The molecule has 0 radical (unpaired) electrons. The predicted molar refractivity (Wildman–Crippen MR) is 143 cm³/mol. The molecule has 3 aromatic carbocycles. The van der Waals surface area contributed by atoms with Gasteiger partial charge in [0.05, 0.1) is 17.2 Å². The number of carbonyl (C=O) groups excluding carboxylic acids is 1. The zero-order valence-corrected chi connectivity index (χ0v) is 22.5. The second-order valence-electron chi connectivity index (χ2n) is 9.60. The molecule has 0 saturated carbocycles. The summed E-state index contributed by atoms with van der Waals surface area (Å²) in [5, 5.41) is 1.03. The molecule has 1 unspecified atom stereocenters. The summed E-state index contributed by atoms with van der Waals surface area (Å²) in [6, 6.07) is 17.2. The van der Waals surface area contributed by atoms with Crippen LogP contribution in [0.1, 0.15) is 42.2 Å². The Labute approximate surface area is 227 Å². The molecule has 194 valence electrons. The van der Waals surface area contributed by atoms with E-state index in [1.165, 1.54) is 7.11 Å². The van der Waals surface area contributed by atoms with Gasteiger partial charge in [0, 0.05) is 12.6 Å². The summed E-state index contributed by atoms with van der Waals surface area (Å²) in [5.74, 6) is 1.96. The molecule has 0 fully saturated rings. The van der Waals surface area contributed by atoms with Gasteiger partial charge in [-0.1, -0.05) is 41.4 Å². The fraction of sp³-hybridized carbons (Fsp3) is 0.345. The highest BCUT2D eigenvalue weighted by Crippen LogP contribution is 2.41. The predicted octanol–water partition coefficient (Wildman–Crippen LogP) is 6.39. The molecule has 0 bridgehead atoms. The first-order valence-corrected chi connectivity index (χ1v) is 13.0. The number of carbonyl (C=O) groups is 1. The van der Waals surface area contributed by atoms with Crippen molar-refractivity contribution in [1.29, 1.82) is 0 Å². The second-order valence-corrected chi connectivity index (χ2v) is 10.4. The second kappa shape index (κ2) is 10.8. The number of rotatable bonds is 6. The molecule has 2 aliphatic heterocycles. The van der Waals surface area contributed by atoms with Crippen LogP contribution < -0.4 is 14.2 Å². The van der Waals surface area contributed by atoms with Crippen molar-refractivity contribution < 1.29 is 23.7 Å². The number of ether oxygens (including phenoxy) is 4. The van der Waals surface area contributed by atoms with Gasteiger partial charge in [-0.05, 0) is 78.9 Å². The lowest BCUT2D eigenvalue weighted by molar-refractivity contribution is -0.148. The lowest BCUT2D eigenvalue weighted by Crippen LogP contribution is -2.49. The highest BCUT2D eigenvalue weighted by atomic mass is 35.5. The first-order valence-electron chi connectivity index (χ1n) is 12.3. The normalized spacial score (nSPS) is 18.9. The lowest BCUT2D eigenvalue weighted by atomic mass is 9.92. The Morgan fingerprint density at radius 2 is 1.78 bits per heavy atom. The molecule has 2 heterocycles. The minimum absolute atomic E-state index is 0.204. The van der Waals surface area contributed by atoms with E-state index in [9.17, 15) is 4.79 Å². The van der Waals surface area contributed by atoms with Crippen molar-refractivity contribution in [2.45, 2.75) is 51.6 Å². The van der Waals surface area contributed by atoms with Crippen LogP contribution >= 0.6 is 23.2 Å². The molecule has 8 heteroatoms. The van der Waals surface area contributed by atoms with Crippen molar-refractivity contribution in [2.75, 3.05) is 13.7 Å². The third kappa shape index (κ3) is 5.52. The van der Waals surface area contributed by atoms with Crippen molar-refractivity contribution in [3.05, 3.63) is 86.9 Å². The van der Waals surface area contributed by atoms with E-state index in [4.69, 9.17) is 42.1 Å². The van der Waals surface area contributed by atoms with Crippen LogP contribution in [0.4, 0.5) is 0 Å². The van der Waals surface area contributed by atoms with Gasteiger partial charge in [0.2, 0.25) is 0 Å². The molecule has 6 nitrogen and oxygen atoms in total. The van der Waals surface area contributed by atoms with Gasteiger partial charge in [0.15, 0.2) is 17.6 Å². The Morgan fingerprint density at radius 1 is 1.03 bits per heavy atom. The summed E-state index contributed by atoms with van der Waals surface area (Å²) in [7, 11) is 1.44. The Balaban J connectivity index is 1.27. The molecule has 0 spiro atoms. The fourth-order valence-electron chi connectivity index (χ4n) is 4.81. The van der Waals surface area contributed by atoms with Crippen LogP contribution in [0, 0.1) is 0 Å². The van der Waals surface area contributed by atoms with Gasteiger partial charge < -0.3 is 18.9 Å². The van der Waals surface area contributed by atoms with E-state index in [0.717, 1.165) is 33.8 Å². The van der Waals surface area contributed by atoms with E-state index in [2.05, 4.69) is 24.8 Å². The third-order valence-corrected chi connectivity index (χ3v) is 7.61. The van der Waals surface area contributed by atoms with E-state index in [1.54, 1.807) is 12.1 Å². The SMILES string of the molecule is COC(=O)C1Cc2cc3c(cc2CN1C(C)C)O[C@@H](c1ccc(OCc2ccc(Cl)c(Cl)c2)cc1)CO3. The van der Waals surface area contributed by atoms with Crippen LogP contribution in [0.15, 0.2) is 54.6 Å². The summed E-state index contributed by atoms with van der Waals surface area (Å²) in [6.07, 6.45) is 0.353. The van der Waals surface area contributed by atoms with Crippen molar-refractivity contribution >= 4 is 29.2 Å². The van der Waals surface area contributed by atoms with Gasteiger partial charge in [-0.15, -0.1) is 0 Å². The van der Waals surface area contributed by atoms with E-state index in [-0.39, 0.29) is 24.2 Å². The molecule has 0 N–H and O–H groups in total. The van der Waals surface area contributed by atoms with Gasteiger partial charge in [-0.3, -0.25) is 9.69 Å². The van der Waals surface area contributed by atoms with Crippen LogP contribution in [-0.2, 0) is 29.1 Å². The molecule has 2 atom stereocenters. The van der Waals surface area contributed by atoms with Gasteiger partial charge in [0.1, 0.15) is 25.0 Å². The minimum Gasteiger partial charge on any atom is -0.489 e. The van der Waals surface area contributed by atoms with Crippen molar-refractivity contribution in [3.8, 4) is 17.2 Å². The zero-order valence-electron chi connectivity index (χ0n) is 21.0. The monoisotopic (exact) mass is 541 g/mol. The molecule has 5 rings (SSSR count). The molecular weight excluding hydrogens is 513 g/mol. The van der Waals surface area contributed by atoms with Crippen LogP contribution in [0.25, 0.3) is 0 Å². The Morgan fingerprint density at radius 3 is 2.49 bits per heavy atom. The quantitative estimate of drug-likeness (QED) is 0.337. The van der Waals surface area contributed by atoms with Crippen LogP contribution in [0.5, 0.6) is 17.2 Å². The average molecular weight is 542 g/mol. The lowest BCUT2D eigenvalue weighted by Gasteiger charge is -2.38. The molecule has 0 amide bonds. The highest BCUT2D eigenvalue weighted by Gasteiger charge is 2.35. The third-order valence-electron chi connectivity index (χ3n) is 6.87. The molecule has 0 aliphatic carbocycles. The van der Waals surface area contributed by atoms with E-state index in [0.29, 0.717) is 42.0 Å². The van der Waals surface area contributed by atoms with Gasteiger partial charge in [-0.25, -0.2) is 0 Å². The maximum absolute atomic E-state index is 12.4. The molecule has 2 aliphatic rings. The summed E-state index contributed by atoms with van der Waals surface area (Å²) in [6.45, 7) is 5.62. The average Bonchev–Trinajstić information content (AvgIpc) is 2.91. The number of benzene rings is 3. The highest BCUT2D eigenvalue weighted by molar-refractivity contribution is 6.42. The number of methoxy groups -OCH3 is 1. The zero-order chi connectivity index (χ0) is 26.1. The molecule has 0 saturated heterocycles. The van der Waals surface area contributed by atoms with E-state index >= 15 is 0 Å².